The van der Waals surface area contributed by atoms with E-state index in [4.69, 9.17) is 4.98 Å². The fourth-order valence-electron chi connectivity index (χ4n) is 4.25. The summed E-state index contributed by atoms with van der Waals surface area (Å²) in [5.74, 6) is -0.508. The van der Waals surface area contributed by atoms with Crippen molar-refractivity contribution in [1.82, 2.24) is 9.55 Å². The van der Waals surface area contributed by atoms with Crippen LogP contribution in [0.15, 0.2) is 78.3 Å². The third kappa shape index (κ3) is 4.29. The first-order valence-corrected chi connectivity index (χ1v) is 11.5. The smallest absolute Gasteiger partial charge is 0.274 e. The van der Waals surface area contributed by atoms with Gasteiger partial charge in [-0.1, -0.05) is 30.3 Å². The molecule has 0 unspecified atom stereocenters. The van der Waals surface area contributed by atoms with Gasteiger partial charge in [0, 0.05) is 30.4 Å². The summed E-state index contributed by atoms with van der Waals surface area (Å²) < 4.78 is 15.3. The number of benzene rings is 2. The molecule has 1 amide bonds. The van der Waals surface area contributed by atoms with E-state index in [1.165, 1.54) is 29.2 Å². The summed E-state index contributed by atoms with van der Waals surface area (Å²) in [5.41, 5.74) is 3.50. The molecule has 5 nitrogen and oxygen atoms in total. The number of carbonyl (C=O) groups is 1. The maximum absolute atomic E-state index is 13.5. The highest BCUT2D eigenvalue weighted by Gasteiger charge is 2.28. The molecule has 32 heavy (non-hydrogen) atoms. The Morgan fingerprint density at radius 3 is 2.84 bits per heavy atom. The topological polar surface area (TPSA) is 50.2 Å². The Bertz CT molecular complexity index is 1220. The molecule has 1 atom stereocenters. The zero-order chi connectivity index (χ0) is 21.9. The van der Waals surface area contributed by atoms with Gasteiger partial charge in [-0.05, 0) is 54.8 Å². The number of carbonyl (C=O) groups excluding carboxylic acids is 1. The highest BCUT2D eigenvalue weighted by Crippen LogP contribution is 2.37. The van der Waals surface area contributed by atoms with E-state index in [1.807, 2.05) is 34.3 Å². The van der Waals surface area contributed by atoms with Crippen LogP contribution in [-0.2, 0) is 6.54 Å². The van der Waals surface area contributed by atoms with Crippen LogP contribution < -0.4 is 10.2 Å². The van der Waals surface area contributed by atoms with Gasteiger partial charge in [-0.2, -0.15) is 0 Å². The van der Waals surface area contributed by atoms with Gasteiger partial charge >= 0.3 is 0 Å². The Hall–Kier alpha value is -3.45. The number of para-hydroxylation sites is 1. The van der Waals surface area contributed by atoms with E-state index in [0.717, 1.165) is 30.6 Å². The van der Waals surface area contributed by atoms with Gasteiger partial charge in [0.05, 0.1) is 11.7 Å². The number of nitrogens with zero attached hydrogens (tertiary/aromatic N) is 3. The number of amides is 1. The van der Waals surface area contributed by atoms with Crippen LogP contribution in [0.2, 0.25) is 0 Å². The highest BCUT2D eigenvalue weighted by atomic mass is 32.1. The standard InChI is InChI=1S/C25H23FN4OS/c26-19-8-4-7-18(15-19)16-29-13-5-12-23(29)24(31)28-25-27-21(17-32-25)22-11-6-14-30(22)20-9-2-1-3-10-20/h1-5,7-10,12-13,15,17,22H,6,11,14,16H2,(H,27,28,31)/t22-/m1/s1. The second-order valence-corrected chi connectivity index (χ2v) is 8.73. The van der Waals surface area contributed by atoms with E-state index < -0.39 is 0 Å². The Balaban J connectivity index is 1.29. The van der Waals surface area contributed by atoms with Crippen molar-refractivity contribution in [2.45, 2.75) is 25.4 Å². The van der Waals surface area contributed by atoms with Crippen molar-refractivity contribution < 1.29 is 9.18 Å². The lowest BCUT2D eigenvalue weighted by Gasteiger charge is -2.25. The van der Waals surface area contributed by atoms with Crippen LogP contribution >= 0.6 is 11.3 Å². The van der Waals surface area contributed by atoms with E-state index in [-0.39, 0.29) is 17.8 Å². The molecule has 0 radical (unpaired) electrons. The zero-order valence-electron chi connectivity index (χ0n) is 17.4. The van der Waals surface area contributed by atoms with Gasteiger partial charge in [0.25, 0.3) is 5.91 Å². The quantitative estimate of drug-likeness (QED) is 0.412. The van der Waals surface area contributed by atoms with Crippen molar-refractivity contribution in [2.75, 3.05) is 16.8 Å². The Morgan fingerprint density at radius 1 is 1.12 bits per heavy atom. The number of thiazole rings is 1. The van der Waals surface area contributed by atoms with Crippen molar-refractivity contribution in [3.05, 3.63) is 101 Å². The van der Waals surface area contributed by atoms with Gasteiger partial charge in [-0.25, -0.2) is 9.37 Å². The normalized spacial score (nSPS) is 15.8. The number of hydrogen-bond acceptors (Lipinski definition) is 4. The number of nitrogens with one attached hydrogen (secondary N) is 1. The predicted molar refractivity (Wildman–Crippen MR) is 126 cm³/mol. The Morgan fingerprint density at radius 2 is 2.00 bits per heavy atom. The molecule has 3 heterocycles. The van der Waals surface area contributed by atoms with Crippen LogP contribution in [0.4, 0.5) is 15.2 Å². The maximum atomic E-state index is 13.5. The number of aromatic nitrogens is 2. The molecule has 1 N–H and O–H groups in total. The summed E-state index contributed by atoms with van der Waals surface area (Å²) in [6, 6.07) is 20.6. The molecule has 7 heteroatoms. The molecule has 0 spiro atoms. The van der Waals surface area contributed by atoms with Gasteiger partial charge in [0.15, 0.2) is 5.13 Å². The van der Waals surface area contributed by atoms with Crippen molar-refractivity contribution in [3.8, 4) is 0 Å². The van der Waals surface area contributed by atoms with E-state index in [2.05, 4.69) is 34.5 Å². The fourth-order valence-corrected chi connectivity index (χ4v) is 5.00. The maximum Gasteiger partial charge on any atom is 0.274 e. The molecule has 162 valence electrons. The first kappa shape index (κ1) is 20.5. The molecule has 2 aromatic heterocycles. The van der Waals surface area contributed by atoms with Crippen LogP contribution in [0.25, 0.3) is 0 Å². The lowest BCUT2D eigenvalue weighted by Crippen LogP contribution is -2.22. The molecule has 0 bridgehead atoms. The predicted octanol–water partition coefficient (Wildman–Crippen LogP) is 5.73. The first-order valence-electron chi connectivity index (χ1n) is 10.7. The van der Waals surface area contributed by atoms with E-state index >= 15 is 0 Å². The molecule has 1 fully saturated rings. The molecule has 0 aliphatic carbocycles. The minimum absolute atomic E-state index is 0.219. The Kier molecular flexibility index (Phi) is 5.73. The van der Waals surface area contributed by atoms with E-state index in [1.54, 1.807) is 12.1 Å². The minimum atomic E-state index is -0.285. The van der Waals surface area contributed by atoms with Crippen LogP contribution in [0.1, 0.15) is 40.6 Å². The zero-order valence-corrected chi connectivity index (χ0v) is 18.3. The number of anilines is 2. The van der Waals surface area contributed by atoms with Crippen LogP contribution in [0.5, 0.6) is 0 Å². The summed E-state index contributed by atoms with van der Waals surface area (Å²) in [6.07, 6.45) is 3.98. The molecular weight excluding hydrogens is 423 g/mol. The summed E-state index contributed by atoms with van der Waals surface area (Å²) >= 11 is 1.44. The van der Waals surface area contributed by atoms with Crippen molar-refractivity contribution in [3.63, 3.8) is 0 Å². The third-order valence-corrected chi connectivity index (χ3v) is 6.50. The molecule has 1 aliphatic heterocycles. The average molecular weight is 447 g/mol. The van der Waals surface area contributed by atoms with Crippen molar-refractivity contribution in [2.24, 2.45) is 0 Å². The summed E-state index contributed by atoms with van der Waals surface area (Å²) in [7, 11) is 0. The van der Waals surface area contributed by atoms with Crippen molar-refractivity contribution >= 4 is 28.1 Å². The fraction of sp³-hybridized carbons (Fsp3) is 0.200. The van der Waals surface area contributed by atoms with Gasteiger partial charge in [-0.15, -0.1) is 11.3 Å². The monoisotopic (exact) mass is 446 g/mol. The largest absolute Gasteiger partial charge is 0.363 e. The minimum Gasteiger partial charge on any atom is -0.363 e. The molecule has 1 saturated heterocycles. The molecular formula is C25H23FN4OS. The van der Waals surface area contributed by atoms with Crippen molar-refractivity contribution in [1.29, 1.82) is 0 Å². The van der Waals surface area contributed by atoms with Gasteiger partial charge < -0.3 is 9.47 Å². The van der Waals surface area contributed by atoms with E-state index in [9.17, 15) is 9.18 Å². The highest BCUT2D eigenvalue weighted by molar-refractivity contribution is 7.14. The molecule has 1 aliphatic rings. The lowest BCUT2D eigenvalue weighted by atomic mass is 10.1. The Labute approximate surface area is 190 Å². The van der Waals surface area contributed by atoms with Gasteiger partial charge in [0.1, 0.15) is 11.5 Å². The molecule has 5 rings (SSSR count). The SMILES string of the molecule is O=C(Nc1nc([C@H]2CCCN2c2ccccc2)cs1)c1cccn1Cc1cccc(F)c1. The van der Waals surface area contributed by atoms with Crippen LogP contribution in [0.3, 0.4) is 0 Å². The van der Waals surface area contributed by atoms with E-state index in [0.29, 0.717) is 17.4 Å². The number of rotatable bonds is 6. The lowest BCUT2D eigenvalue weighted by molar-refractivity contribution is 0.101. The second-order valence-electron chi connectivity index (χ2n) is 7.87. The average Bonchev–Trinajstić information content (AvgIpc) is 3.55. The molecule has 0 saturated carbocycles. The molecule has 4 aromatic rings. The second kappa shape index (κ2) is 8.96. The summed E-state index contributed by atoms with van der Waals surface area (Å²) in [4.78, 5) is 20.0. The summed E-state index contributed by atoms with van der Waals surface area (Å²) in [5, 5.41) is 5.56. The van der Waals surface area contributed by atoms with Crippen LogP contribution in [0, 0.1) is 5.82 Å². The van der Waals surface area contributed by atoms with Crippen LogP contribution in [-0.4, -0.2) is 22.0 Å². The number of halogens is 1. The third-order valence-electron chi connectivity index (χ3n) is 5.73. The molecule has 2 aromatic carbocycles. The first-order chi connectivity index (χ1) is 15.7. The van der Waals surface area contributed by atoms with Gasteiger partial charge in [0.2, 0.25) is 0 Å². The summed E-state index contributed by atoms with van der Waals surface area (Å²) in [6.45, 7) is 1.42. The van der Waals surface area contributed by atoms with Gasteiger partial charge in [-0.3, -0.25) is 10.1 Å². The number of hydrogen-bond donors (Lipinski definition) is 1.